The largest absolute Gasteiger partial charge is 0.484 e. The molecule has 5 nitrogen and oxygen atoms in total. The minimum absolute atomic E-state index is 0.101. The number of carbonyl (C=O) groups is 2. The standard InChI is InChI=1S/C27H28ClFN2O3/c1-19(2)30-27(33)25(15-20-7-4-3-5-8-20)31(17-21-11-13-23(29)14-12-21)26(32)18-34-24-10-6-9-22(28)16-24/h3-14,16,19,25H,15,17-18H2,1-2H3,(H,30,33)/t25-/m0/s1. The van der Waals surface area contributed by atoms with Gasteiger partial charge in [-0.2, -0.15) is 0 Å². The summed E-state index contributed by atoms with van der Waals surface area (Å²) in [4.78, 5) is 28.1. The normalized spacial score (nSPS) is 11.7. The van der Waals surface area contributed by atoms with Gasteiger partial charge in [0.25, 0.3) is 5.91 Å². The van der Waals surface area contributed by atoms with Gasteiger partial charge in [0.15, 0.2) is 6.61 Å². The molecule has 3 aromatic carbocycles. The van der Waals surface area contributed by atoms with E-state index in [2.05, 4.69) is 5.32 Å². The van der Waals surface area contributed by atoms with E-state index < -0.39 is 6.04 Å². The summed E-state index contributed by atoms with van der Waals surface area (Å²) in [6.45, 7) is 3.58. The van der Waals surface area contributed by atoms with E-state index >= 15 is 0 Å². The zero-order valence-electron chi connectivity index (χ0n) is 19.2. The van der Waals surface area contributed by atoms with E-state index in [1.807, 2.05) is 44.2 Å². The molecule has 0 spiro atoms. The molecule has 0 heterocycles. The number of hydrogen-bond acceptors (Lipinski definition) is 3. The summed E-state index contributed by atoms with van der Waals surface area (Å²) in [7, 11) is 0. The summed E-state index contributed by atoms with van der Waals surface area (Å²) in [5.74, 6) is -0.556. The van der Waals surface area contributed by atoms with Crippen LogP contribution in [-0.4, -0.2) is 35.4 Å². The molecule has 7 heteroatoms. The van der Waals surface area contributed by atoms with E-state index in [9.17, 15) is 14.0 Å². The minimum atomic E-state index is -0.787. The van der Waals surface area contributed by atoms with Gasteiger partial charge in [0, 0.05) is 24.0 Å². The molecular weight excluding hydrogens is 455 g/mol. The van der Waals surface area contributed by atoms with Gasteiger partial charge < -0.3 is 15.0 Å². The number of nitrogens with one attached hydrogen (secondary N) is 1. The second-order valence-electron chi connectivity index (χ2n) is 8.26. The van der Waals surface area contributed by atoms with Crippen LogP contribution in [0.2, 0.25) is 5.02 Å². The second kappa shape index (κ2) is 12.2. The Labute approximate surface area is 204 Å². The van der Waals surface area contributed by atoms with Crippen LogP contribution in [0.25, 0.3) is 0 Å². The molecule has 0 saturated heterocycles. The van der Waals surface area contributed by atoms with Crippen LogP contribution in [0.15, 0.2) is 78.9 Å². The van der Waals surface area contributed by atoms with Crippen LogP contribution < -0.4 is 10.1 Å². The molecule has 0 fully saturated rings. The first-order valence-corrected chi connectivity index (χ1v) is 11.5. The van der Waals surface area contributed by atoms with Crippen LogP contribution in [0.4, 0.5) is 4.39 Å². The Hall–Kier alpha value is -3.38. The molecule has 0 aliphatic rings. The van der Waals surface area contributed by atoms with E-state index in [4.69, 9.17) is 16.3 Å². The minimum Gasteiger partial charge on any atom is -0.484 e. The Morgan fingerprint density at radius 2 is 1.68 bits per heavy atom. The van der Waals surface area contributed by atoms with Crippen LogP contribution in [0, 0.1) is 5.82 Å². The van der Waals surface area contributed by atoms with Gasteiger partial charge in [-0.15, -0.1) is 0 Å². The fourth-order valence-corrected chi connectivity index (χ4v) is 3.69. The van der Waals surface area contributed by atoms with Gasteiger partial charge in [0.05, 0.1) is 0 Å². The summed E-state index contributed by atoms with van der Waals surface area (Å²) >= 11 is 6.01. The van der Waals surface area contributed by atoms with Crippen molar-refractivity contribution in [2.75, 3.05) is 6.61 Å². The van der Waals surface area contributed by atoms with Gasteiger partial charge in [0.1, 0.15) is 17.6 Å². The van der Waals surface area contributed by atoms with Gasteiger partial charge in [-0.3, -0.25) is 9.59 Å². The number of nitrogens with zero attached hydrogens (tertiary/aromatic N) is 1. The van der Waals surface area contributed by atoms with Crippen molar-refractivity contribution in [3.8, 4) is 5.75 Å². The molecule has 0 aliphatic carbocycles. The Balaban J connectivity index is 1.90. The highest BCUT2D eigenvalue weighted by Crippen LogP contribution is 2.19. The first kappa shape index (κ1) is 25.2. The second-order valence-corrected chi connectivity index (χ2v) is 8.70. The van der Waals surface area contributed by atoms with Crippen molar-refractivity contribution in [2.45, 2.75) is 38.9 Å². The molecule has 3 aromatic rings. The quantitative estimate of drug-likeness (QED) is 0.441. The lowest BCUT2D eigenvalue weighted by Gasteiger charge is -2.32. The predicted molar refractivity (Wildman–Crippen MR) is 131 cm³/mol. The van der Waals surface area contributed by atoms with Gasteiger partial charge in [0.2, 0.25) is 5.91 Å². The Morgan fingerprint density at radius 3 is 2.32 bits per heavy atom. The highest BCUT2D eigenvalue weighted by atomic mass is 35.5. The van der Waals surface area contributed by atoms with Crippen molar-refractivity contribution >= 4 is 23.4 Å². The smallest absolute Gasteiger partial charge is 0.261 e. The summed E-state index contributed by atoms with van der Waals surface area (Å²) in [6.07, 6.45) is 0.323. The molecule has 1 N–H and O–H groups in total. The summed E-state index contributed by atoms with van der Waals surface area (Å²) in [5.41, 5.74) is 1.62. The average molecular weight is 483 g/mol. The van der Waals surface area contributed by atoms with E-state index in [1.54, 1.807) is 36.4 Å². The first-order valence-electron chi connectivity index (χ1n) is 11.1. The topological polar surface area (TPSA) is 58.6 Å². The molecule has 1 atom stereocenters. The molecule has 3 rings (SSSR count). The van der Waals surface area contributed by atoms with Gasteiger partial charge in [-0.25, -0.2) is 4.39 Å². The third-order valence-electron chi connectivity index (χ3n) is 5.13. The maximum Gasteiger partial charge on any atom is 0.261 e. The van der Waals surface area contributed by atoms with E-state index in [0.29, 0.717) is 22.8 Å². The van der Waals surface area contributed by atoms with Crippen LogP contribution >= 0.6 is 11.6 Å². The molecule has 0 aliphatic heterocycles. The third-order valence-corrected chi connectivity index (χ3v) is 5.36. The summed E-state index contributed by atoms with van der Waals surface area (Å²) in [6, 6.07) is 21.3. The Morgan fingerprint density at radius 1 is 0.971 bits per heavy atom. The van der Waals surface area contributed by atoms with Crippen molar-refractivity contribution in [1.29, 1.82) is 0 Å². The van der Waals surface area contributed by atoms with Gasteiger partial charge in [-0.1, -0.05) is 60.1 Å². The maximum atomic E-state index is 13.5. The number of carbonyl (C=O) groups excluding carboxylic acids is 2. The lowest BCUT2D eigenvalue weighted by molar-refractivity contribution is -0.143. The van der Waals surface area contributed by atoms with Gasteiger partial charge >= 0.3 is 0 Å². The summed E-state index contributed by atoms with van der Waals surface area (Å²) in [5, 5.41) is 3.42. The lowest BCUT2D eigenvalue weighted by atomic mass is 10.0. The number of ether oxygens (including phenoxy) is 1. The van der Waals surface area contributed by atoms with E-state index in [-0.39, 0.29) is 36.8 Å². The Kier molecular flexibility index (Phi) is 9.05. The third kappa shape index (κ3) is 7.59. The number of halogens is 2. The predicted octanol–water partition coefficient (Wildman–Crippen LogP) is 5.02. The fraction of sp³-hybridized carbons (Fsp3) is 0.259. The van der Waals surface area contributed by atoms with E-state index in [1.165, 1.54) is 17.0 Å². The molecule has 0 bridgehead atoms. The average Bonchev–Trinajstić information content (AvgIpc) is 2.81. The summed E-state index contributed by atoms with van der Waals surface area (Å²) < 4.78 is 19.1. The number of benzene rings is 3. The van der Waals surface area contributed by atoms with Crippen LogP contribution in [0.1, 0.15) is 25.0 Å². The maximum absolute atomic E-state index is 13.5. The molecule has 178 valence electrons. The zero-order chi connectivity index (χ0) is 24.5. The number of rotatable bonds is 10. The highest BCUT2D eigenvalue weighted by molar-refractivity contribution is 6.30. The van der Waals surface area contributed by atoms with Crippen molar-refractivity contribution < 1.29 is 18.7 Å². The van der Waals surface area contributed by atoms with Crippen molar-refractivity contribution in [3.63, 3.8) is 0 Å². The van der Waals surface area contributed by atoms with Crippen LogP contribution in [-0.2, 0) is 22.6 Å². The number of amides is 2. The number of hydrogen-bond donors (Lipinski definition) is 1. The van der Waals surface area contributed by atoms with E-state index in [0.717, 1.165) is 5.56 Å². The monoisotopic (exact) mass is 482 g/mol. The van der Waals surface area contributed by atoms with Crippen LogP contribution in [0.5, 0.6) is 5.75 Å². The lowest BCUT2D eigenvalue weighted by Crippen LogP contribution is -2.52. The molecule has 34 heavy (non-hydrogen) atoms. The molecule has 0 radical (unpaired) electrons. The molecular formula is C27H28ClFN2O3. The molecule has 2 amide bonds. The SMILES string of the molecule is CC(C)NC(=O)[C@H](Cc1ccccc1)N(Cc1ccc(F)cc1)C(=O)COc1cccc(Cl)c1. The molecule has 0 unspecified atom stereocenters. The van der Waals surface area contributed by atoms with Crippen molar-refractivity contribution in [2.24, 2.45) is 0 Å². The zero-order valence-corrected chi connectivity index (χ0v) is 20.0. The van der Waals surface area contributed by atoms with Crippen LogP contribution in [0.3, 0.4) is 0 Å². The Bertz CT molecular complexity index is 1090. The molecule has 0 saturated carbocycles. The molecule has 0 aromatic heterocycles. The highest BCUT2D eigenvalue weighted by Gasteiger charge is 2.31. The fourth-order valence-electron chi connectivity index (χ4n) is 3.51. The van der Waals surface area contributed by atoms with Gasteiger partial charge in [-0.05, 0) is 55.3 Å². The first-order chi connectivity index (χ1) is 16.3. The van der Waals surface area contributed by atoms with Crippen molar-refractivity contribution in [1.82, 2.24) is 10.2 Å². The van der Waals surface area contributed by atoms with Crippen molar-refractivity contribution in [3.05, 3.63) is 101 Å².